The van der Waals surface area contributed by atoms with Crippen LogP contribution >= 0.6 is 0 Å². The summed E-state index contributed by atoms with van der Waals surface area (Å²) in [5.74, 6) is 0. The normalized spacial score (nSPS) is 13.2. The second-order valence-electron chi connectivity index (χ2n) is 4.65. The fourth-order valence-electron chi connectivity index (χ4n) is 1.54. The van der Waals surface area contributed by atoms with Crippen molar-refractivity contribution in [1.29, 1.82) is 0 Å². The standard InChI is InChI=1S/C13H17F3N2O2/c1-8(2)18-12(20)17-7-11(19)9-4-3-5-10(6-9)13(14,15)16/h3-6,8,11,19H,7H2,1-2H3,(H2,17,18,20)/t11-/m1/s1. The SMILES string of the molecule is CC(C)NC(=O)NC[C@@H](O)c1cccc(C(F)(F)F)c1. The maximum Gasteiger partial charge on any atom is 0.416 e. The van der Waals surface area contributed by atoms with Crippen molar-refractivity contribution in [1.82, 2.24) is 10.6 Å². The Kier molecular flexibility index (Phi) is 5.38. The lowest BCUT2D eigenvalue weighted by atomic mass is 10.1. The molecule has 0 saturated carbocycles. The third-order valence-corrected chi connectivity index (χ3v) is 2.47. The number of alkyl halides is 3. The van der Waals surface area contributed by atoms with Crippen molar-refractivity contribution < 1.29 is 23.1 Å². The lowest BCUT2D eigenvalue weighted by molar-refractivity contribution is -0.137. The minimum absolute atomic E-state index is 0.0688. The van der Waals surface area contributed by atoms with Gasteiger partial charge in [0.15, 0.2) is 0 Å². The van der Waals surface area contributed by atoms with Crippen LogP contribution in [0.4, 0.5) is 18.0 Å². The number of nitrogens with one attached hydrogen (secondary N) is 2. The van der Waals surface area contributed by atoms with Gasteiger partial charge < -0.3 is 15.7 Å². The number of amides is 2. The first-order valence-corrected chi connectivity index (χ1v) is 6.09. The summed E-state index contributed by atoms with van der Waals surface area (Å²) in [7, 11) is 0. The van der Waals surface area contributed by atoms with Gasteiger partial charge in [-0.1, -0.05) is 12.1 Å². The molecule has 7 heteroatoms. The predicted molar refractivity (Wildman–Crippen MR) is 68.1 cm³/mol. The highest BCUT2D eigenvalue weighted by Crippen LogP contribution is 2.30. The van der Waals surface area contributed by atoms with E-state index in [1.165, 1.54) is 12.1 Å². The molecule has 0 aliphatic heterocycles. The largest absolute Gasteiger partial charge is 0.416 e. The number of carbonyl (C=O) groups is 1. The molecule has 1 rings (SSSR count). The molecule has 4 nitrogen and oxygen atoms in total. The van der Waals surface area contributed by atoms with E-state index >= 15 is 0 Å². The van der Waals surface area contributed by atoms with E-state index in [1.807, 2.05) is 0 Å². The predicted octanol–water partition coefficient (Wildman–Crippen LogP) is 2.45. The van der Waals surface area contributed by atoms with Crippen molar-refractivity contribution in [2.75, 3.05) is 6.54 Å². The van der Waals surface area contributed by atoms with Gasteiger partial charge in [-0.05, 0) is 31.5 Å². The Balaban J connectivity index is 2.64. The number of rotatable bonds is 4. The highest BCUT2D eigenvalue weighted by atomic mass is 19.4. The minimum Gasteiger partial charge on any atom is -0.387 e. The van der Waals surface area contributed by atoms with Crippen LogP contribution in [-0.4, -0.2) is 23.7 Å². The Morgan fingerprint density at radius 1 is 1.35 bits per heavy atom. The number of benzene rings is 1. The number of hydrogen-bond donors (Lipinski definition) is 3. The van der Waals surface area contributed by atoms with Gasteiger partial charge >= 0.3 is 12.2 Å². The lowest BCUT2D eigenvalue weighted by Gasteiger charge is -2.15. The topological polar surface area (TPSA) is 61.4 Å². The lowest BCUT2D eigenvalue weighted by Crippen LogP contribution is -2.41. The summed E-state index contributed by atoms with van der Waals surface area (Å²) in [5, 5.41) is 14.7. The molecule has 0 fully saturated rings. The van der Waals surface area contributed by atoms with Gasteiger partial charge in [-0.25, -0.2) is 4.79 Å². The monoisotopic (exact) mass is 290 g/mol. The molecule has 1 atom stereocenters. The van der Waals surface area contributed by atoms with Crippen LogP contribution in [0, 0.1) is 0 Å². The maximum atomic E-state index is 12.5. The molecule has 0 aromatic heterocycles. The first-order valence-electron chi connectivity index (χ1n) is 6.09. The highest BCUT2D eigenvalue weighted by Gasteiger charge is 2.30. The Morgan fingerprint density at radius 2 is 2.00 bits per heavy atom. The Labute approximate surface area is 115 Å². The molecule has 1 aromatic rings. The molecule has 3 N–H and O–H groups in total. The number of urea groups is 1. The summed E-state index contributed by atoms with van der Waals surface area (Å²) in [4.78, 5) is 11.3. The number of halogens is 3. The fraction of sp³-hybridized carbons (Fsp3) is 0.462. The van der Waals surface area contributed by atoms with E-state index in [2.05, 4.69) is 10.6 Å². The van der Waals surface area contributed by atoms with Crippen molar-refractivity contribution in [3.05, 3.63) is 35.4 Å². The van der Waals surface area contributed by atoms with Gasteiger partial charge in [0.2, 0.25) is 0 Å². The van der Waals surface area contributed by atoms with Crippen LogP contribution in [-0.2, 0) is 6.18 Å². The van der Waals surface area contributed by atoms with E-state index < -0.39 is 23.9 Å². The van der Waals surface area contributed by atoms with E-state index in [4.69, 9.17) is 0 Å². The summed E-state index contributed by atoms with van der Waals surface area (Å²) < 4.78 is 37.6. The molecule has 112 valence electrons. The maximum absolute atomic E-state index is 12.5. The van der Waals surface area contributed by atoms with Crippen molar-refractivity contribution >= 4 is 6.03 Å². The summed E-state index contributed by atoms with van der Waals surface area (Å²) in [6.07, 6.45) is -5.66. The Hall–Kier alpha value is -1.76. The molecule has 0 spiro atoms. The first kappa shape index (κ1) is 16.3. The van der Waals surface area contributed by atoms with Crippen molar-refractivity contribution in [2.45, 2.75) is 32.2 Å². The molecule has 0 radical (unpaired) electrons. The summed E-state index contributed by atoms with van der Waals surface area (Å²) in [5.41, 5.74) is -0.731. The number of hydrogen-bond acceptors (Lipinski definition) is 2. The number of carbonyl (C=O) groups excluding carboxylic acids is 1. The molecule has 2 amide bonds. The molecular formula is C13H17F3N2O2. The molecular weight excluding hydrogens is 273 g/mol. The second-order valence-corrected chi connectivity index (χ2v) is 4.65. The van der Waals surface area contributed by atoms with Crippen molar-refractivity contribution in [2.24, 2.45) is 0 Å². The second kappa shape index (κ2) is 6.60. The number of aliphatic hydroxyl groups is 1. The van der Waals surface area contributed by atoms with Gasteiger partial charge in [0.25, 0.3) is 0 Å². The summed E-state index contributed by atoms with van der Waals surface area (Å²) in [6.45, 7) is 3.37. The summed E-state index contributed by atoms with van der Waals surface area (Å²) >= 11 is 0. The zero-order chi connectivity index (χ0) is 15.3. The Morgan fingerprint density at radius 3 is 2.55 bits per heavy atom. The Bertz CT molecular complexity index is 461. The first-order chi connectivity index (χ1) is 9.20. The molecule has 0 heterocycles. The van der Waals surface area contributed by atoms with Crippen LogP contribution in [0.15, 0.2) is 24.3 Å². The average molecular weight is 290 g/mol. The van der Waals surface area contributed by atoms with Gasteiger partial charge in [0.05, 0.1) is 11.7 Å². The third kappa shape index (κ3) is 5.08. The highest BCUT2D eigenvalue weighted by molar-refractivity contribution is 5.74. The fourth-order valence-corrected chi connectivity index (χ4v) is 1.54. The van der Waals surface area contributed by atoms with Gasteiger partial charge in [-0.15, -0.1) is 0 Å². The van der Waals surface area contributed by atoms with E-state index in [-0.39, 0.29) is 18.2 Å². The molecule has 0 unspecified atom stereocenters. The van der Waals surface area contributed by atoms with Gasteiger partial charge in [-0.2, -0.15) is 13.2 Å². The quantitative estimate of drug-likeness (QED) is 0.797. The van der Waals surface area contributed by atoms with Crippen LogP contribution < -0.4 is 10.6 Å². The third-order valence-electron chi connectivity index (χ3n) is 2.47. The van der Waals surface area contributed by atoms with Gasteiger partial charge in [0, 0.05) is 12.6 Å². The van der Waals surface area contributed by atoms with E-state index in [9.17, 15) is 23.1 Å². The molecule has 0 bridgehead atoms. The summed E-state index contributed by atoms with van der Waals surface area (Å²) in [6, 6.07) is 3.84. The van der Waals surface area contributed by atoms with Gasteiger partial charge in [0.1, 0.15) is 0 Å². The van der Waals surface area contributed by atoms with Crippen LogP contribution in [0.3, 0.4) is 0 Å². The van der Waals surface area contributed by atoms with Crippen molar-refractivity contribution in [3.63, 3.8) is 0 Å². The van der Waals surface area contributed by atoms with Crippen LogP contribution in [0.2, 0.25) is 0 Å². The van der Waals surface area contributed by atoms with Crippen molar-refractivity contribution in [3.8, 4) is 0 Å². The molecule has 0 saturated heterocycles. The van der Waals surface area contributed by atoms with E-state index in [0.29, 0.717) is 0 Å². The average Bonchev–Trinajstić information content (AvgIpc) is 2.34. The molecule has 0 aliphatic carbocycles. The molecule has 0 aliphatic rings. The zero-order valence-corrected chi connectivity index (χ0v) is 11.2. The molecule has 1 aromatic carbocycles. The minimum atomic E-state index is -4.46. The van der Waals surface area contributed by atoms with E-state index in [0.717, 1.165) is 12.1 Å². The number of aliphatic hydroxyl groups excluding tert-OH is 1. The smallest absolute Gasteiger partial charge is 0.387 e. The van der Waals surface area contributed by atoms with Crippen LogP contribution in [0.1, 0.15) is 31.1 Å². The van der Waals surface area contributed by atoms with E-state index in [1.54, 1.807) is 13.8 Å². The zero-order valence-electron chi connectivity index (χ0n) is 11.2. The van der Waals surface area contributed by atoms with Gasteiger partial charge in [-0.3, -0.25) is 0 Å². The van der Waals surface area contributed by atoms with Crippen LogP contribution in [0.25, 0.3) is 0 Å². The van der Waals surface area contributed by atoms with Crippen LogP contribution in [0.5, 0.6) is 0 Å². The molecule has 20 heavy (non-hydrogen) atoms.